The number of nitrogens with zero attached hydrogens (tertiary/aromatic N) is 2. The number of methoxy groups -OCH3 is 1. The van der Waals surface area contributed by atoms with E-state index in [0.717, 1.165) is 18.9 Å². The summed E-state index contributed by atoms with van der Waals surface area (Å²) in [7, 11) is 1.37. The van der Waals surface area contributed by atoms with Crippen LogP contribution in [0.25, 0.3) is 0 Å². The van der Waals surface area contributed by atoms with Gasteiger partial charge < -0.3 is 18.9 Å². The number of nitro benzene ring substituents is 2. The quantitative estimate of drug-likeness (QED) is 0.125. The van der Waals surface area contributed by atoms with E-state index in [4.69, 9.17) is 18.9 Å². The summed E-state index contributed by atoms with van der Waals surface area (Å²) in [5, 5.41) is 22.4. The van der Waals surface area contributed by atoms with Gasteiger partial charge in [-0.05, 0) is 25.7 Å². The summed E-state index contributed by atoms with van der Waals surface area (Å²) in [4.78, 5) is 43.4. The van der Waals surface area contributed by atoms with Gasteiger partial charge >= 0.3 is 0 Å². The summed E-state index contributed by atoms with van der Waals surface area (Å²) < 4.78 is 22.1. The molecule has 0 unspecified atom stereocenters. The molecule has 194 valence electrons. The van der Waals surface area contributed by atoms with Crippen LogP contribution in [0.5, 0.6) is 23.0 Å². The summed E-state index contributed by atoms with van der Waals surface area (Å²) >= 11 is 0. The van der Waals surface area contributed by atoms with Gasteiger partial charge in [0.05, 0.1) is 60.0 Å². The Morgan fingerprint density at radius 3 is 1.53 bits per heavy atom. The van der Waals surface area contributed by atoms with Crippen LogP contribution in [0.2, 0.25) is 0 Å². The van der Waals surface area contributed by atoms with E-state index >= 15 is 0 Å². The van der Waals surface area contributed by atoms with Crippen molar-refractivity contribution in [3.05, 3.63) is 55.6 Å². The molecule has 36 heavy (non-hydrogen) atoms. The summed E-state index contributed by atoms with van der Waals surface area (Å²) in [5.74, 6) is 0.823. The smallest absolute Gasteiger partial charge is 0.283 e. The van der Waals surface area contributed by atoms with Gasteiger partial charge in [-0.3, -0.25) is 29.8 Å². The van der Waals surface area contributed by atoms with E-state index in [1.165, 1.54) is 25.3 Å². The summed E-state index contributed by atoms with van der Waals surface area (Å²) in [6.45, 7) is 2.86. The lowest BCUT2D eigenvalue weighted by molar-refractivity contribution is -0.385. The number of unbranched alkanes of at least 4 members (excludes halogenated alkanes) is 3. The monoisotopic (exact) mass is 504 g/mol. The second-order valence-electron chi connectivity index (χ2n) is 7.63. The largest absolute Gasteiger partial charge is 0.493 e. The first-order valence-corrected chi connectivity index (χ1v) is 11.3. The maximum absolute atomic E-state index is 11.3. The normalized spacial score (nSPS) is 10.4. The third kappa shape index (κ3) is 7.65. The number of carbonyl (C=O) groups is 2. The van der Waals surface area contributed by atoms with E-state index in [-0.39, 0.29) is 58.7 Å². The van der Waals surface area contributed by atoms with Crippen LogP contribution in [-0.2, 0) is 0 Å². The molecular formula is C24H28N2O10. The molecule has 0 saturated carbocycles. The van der Waals surface area contributed by atoms with E-state index in [2.05, 4.69) is 0 Å². The van der Waals surface area contributed by atoms with Crippen molar-refractivity contribution in [1.29, 1.82) is 0 Å². The van der Waals surface area contributed by atoms with Crippen LogP contribution in [0.4, 0.5) is 11.4 Å². The van der Waals surface area contributed by atoms with Gasteiger partial charge in [-0.1, -0.05) is 13.3 Å². The van der Waals surface area contributed by atoms with Crippen molar-refractivity contribution in [2.24, 2.45) is 0 Å². The van der Waals surface area contributed by atoms with E-state index < -0.39 is 9.85 Å². The van der Waals surface area contributed by atoms with Gasteiger partial charge in [0.25, 0.3) is 11.4 Å². The highest BCUT2D eigenvalue weighted by Gasteiger charge is 2.21. The number of ether oxygens (including phenoxy) is 4. The molecule has 0 aromatic heterocycles. The van der Waals surface area contributed by atoms with Crippen LogP contribution < -0.4 is 18.9 Å². The second kappa shape index (κ2) is 14.2. The fourth-order valence-electron chi connectivity index (χ4n) is 3.20. The van der Waals surface area contributed by atoms with Gasteiger partial charge in [0.2, 0.25) is 0 Å². The zero-order valence-electron chi connectivity index (χ0n) is 20.1. The first-order chi connectivity index (χ1) is 17.4. The van der Waals surface area contributed by atoms with Crippen molar-refractivity contribution >= 4 is 23.9 Å². The summed E-state index contributed by atoms with van der Waals surface area (Å²) in [5.41, 5.74) is -0.936. The van der Waals surface area contributed by atoms with Gasteiger partial charge in [-0.15, -0.1) is 0 Å². The molecule has 2 aromatic carbocycles. The van der Waals surface area contributed by atoms with Crippen molar-refractivity contribution in [2.45, 2.75) is 39.0 Å². The van der Waals surface area contributed by atoms with E-state index in [9.17, 15) is 29.8 Å². The third-order valence-corrected chi connectivity index (χ3v) is 5.11. The van der Waals surface area contributed by atoms with Crippen molar-refractivity contribution < 1.29 is 38.4 Å². The molecule has 0 aliphatic carbocycles. The van der Waals surface area contributed by atoms with Crippen LogP contribution >= 0.6 is 0 Å². The van der Waals surface area contributed by atoms with Crippen LogP contribution in [-0.4, -0.2) is 49.3 Å². The molecule has 0 saturated heterocycles. The number of hydrogen-bond acceptors (Lipinski definition) is 10. The highest BCUT2D eigenvalue weighted by atomic mass is 16.6. The van der Waals surface area contributed by atoms with Crippen molar-refractivity contribution in [2.75, 3.05) is 26.9 Å². The standard InChI is InChI=1S/C24H28N2O10/c1-3-4-8-34-22-12-18(16-28)20(26(31)32)14-24(22)36-10-7-5-6-9-35-23-13-19(25(29)30)17(15-27)11-21(23)33-2/h11-16H,3-10H2,1-2H3. The fourth-order valence-corrected chi connectivity index (χ4v) is 3.20. The number of carbonyl (C=O) groups excluding carboxylic acids is 2. The minimum atomic E-state index is -0.667. The van der Waals surface area contributed by atoms with Gasteiger partial charge in [0, 0.05) is 12.1 Å². The zero-order valence-corrected chi connectivity index (χ0v) is 20.1. The molecule has 0 aliphatic rings. The lowest BCUT2D eigenvalue weighted by Crippen LogP contribution is -2.06. The lowest BCUT2D eigenvalue weighted by atomic mass is 10.1. The first kappa shape index (κ1) is 28.0. The number of nitro groups is 2. The van der Waals surface area contributed by atoms with E-state index in [0.29, 0.717) is 38.4 Å². The summed E-state index contributed by atoms with van der Waals surface area (Å²) in [6, 6.07) is 4.91. The van der Waals surface area contributed by atoms with Crippen LogP contribution in [0, 0.1) is 20.2 Å². The van der Waals surface area contributed by atoms with Gasteiger partial charge in [-0.2, -0.15) is 0 Å². The Hall–Kier alpha value is -4.22. The Labute approximate surface area is 207 Å². The Morgan fingerprint density at radius 1 is 0.694 bits per heavy atom. The topological polar surface area (TPSA) is 157 Å². The third-order valence-electron chi connectivity index (χ3n) is 5.11. The maximum atomic E-state index is 11.3. The van der Waals surface area contributed by atoms with Crippen molar-refractivity contribution in [3.8, 4) is 23.0 Å². The molecule has 0 aliphatic heterocycles. The van der Waals surface area contributed by atoms with E-state index in [1.807, 2.05) is 6.92 Å². The molecule has 12 heteroatoms. The Morgan fingerprint density at radius 2 is 1.11 bits per heavy atom. The fraction of sp³-hybridized carbons (Fsp3) is 0.417. The number of aldehydes is 2. The van der Waals surface area contributed by atoms with Crippen LogP contribution in [0.1, 0.15) is 59.7 Å². The SMILES string of the molecule is CCCCOc1cc(C=O)c([N+](=O)[O-])cc1OCCCCCOc1cc([N+](=O)[O-])c(C=O)cc1OC. The molecule has 0 radical (unpaired) electrons. The average molecular weight is 504 g/mol. The molecule has 0 amide bonds. The Kier molecular flexibility index (Phi) is 11.1. The molecule has 0 heterocycles. The van der Waals surface area contributed by atoms with Crippen molar-refractivity contribution in [3.63, 3.8) is 0 Å². The van der Waals surface area contributed by atoms with Gasteiger partial charge in [-0.25, -0.2) is 0 Å². The predicted molar refractivity (Wildman–Crippen MR) is 129 cm³/mol. The molecule has 0 atom stereocenters. The van der Waals surface area contributed by atoms with Crippen LogP contribution in [0.3, 0.4) is 0 Å². The average Bonchev–Trinajstić information content (AvgIpc) is 2.87. The Balaban J connectivity index is 1.93. The lowest BCUT2D eigenvalue weighted by Gasteiger charge is -2.14. The number of hydrogen-bond donors (Lipinski definition) is 0. The second-order valence-corrected chi connectivity index (χ2v) is 7.63. The zero-order chi connectivity index (χ0) is 26.5. The molecular weight excluding hydrogens is 476 g/mol. The van der Waals surface area contributed by atoms with Gasteiger partial charge in [0.15, 0.2) is 35.6 Å². The minimum absolute atomic E-state index is 0.0900. The molecule has 2 aromatic rings. The molecule has 0 spiro atoms. The van der Waals surface area contributed by atoms with Crippen molar-refractivity contribution in [1.82, 2.24) is 0 Å². The molecule has 0 bridgehead atoms. The maximum Gasteiger partial charge on any atom is 0.283 e. The summed E-state index contributed by atoms with van der Waals surface area (Å²) in [6.07, 6.45) is 4.29. The molecule has 2 rings (SSSR count). The van der Waals surface area contributed by atoms with E-state index in [1.54, 1.807) is 0 Å². The molecule has 0 N–H and O–H groups in total. The first-order valence-electron chi connectivity index (χ1n) is 11.3. The van der Waals surface area contributed by atoms with Crippen LogP contribution in [0.15, 0.2) is 24.3 Å². The predicted octanol–water partition coefficient (Wildman–Crippen LogP) is 4.94. The highest BCUT2D eigenvalue weighted by Crippen LogP contribution is 2.35. The molecule has 0 fully saturated rings. The number of rotatable bonds is 17. The Bertz CT molecular complexity index is 1090. The minimum Gasteiger partial charge on any atom is -0.493 e. The van der Waals surface area contributed by atoms with Gasteiger partial charge in [0.1, 0.15) is 0 Å². The number of benzene rings is 2. The molecule has 12 nitrogen and oxygen atoms in total. The highest BCUT2D eigenvalue weighted by molar-refractivity contribution is 5.84.